The Kier molecular flexibility index (Phi) is 5.32. The Morgan fingerprint density at radius 3 is 2.72 bits per heavy atom. The van der Waals surface area contributed by atoms with E-state index in [0.29, 0.717) is 17.7 Å². The molecule has 1 rings (SSSR count). The van der Waals surface area contributed by atoms with E-state index in [-0.39, 0.29) is 18.4 Å². The molecule has 0 saturated heterocycles. The van der Waals surface area contributed by atoms with Crippen LogP contribution in [-0.4, -0.2) is 29.6 Å². The quantitative estimate of drug-likeness (QED) is 0.697. The summed E-state index contributed by atoms with van der Waals surface area (Å²) in [5, 5.41) is 14.0. The normalized spacial score (nSPS) is 11.7. The van der Waals surface area contributed by atoms with Crippen LogP contribution in [0, 0.1) is 0 Å². The number of anilines is 1. The molecule has 3 N–H and O–H groups in total. The fourth-order valence-electron chi connectivity index (χ4n) is 1.41. The van der Waals surface area contributed by atoms with Gasteiger partial charge in [0.15, 0.2) is 5.78 Å². The molecule has 0 saturated carbocycles. The fraction of sp³-hybridized carbons (Fsp3) is 0.385. The molecular formula is C13H18N2O3. The van der Waals surface area contributed by atoms with Crippen LogP contribution in [0.25, 0.3) is 0 Å². The standard InChI is InChI=1S/C13H18N2O3/c1-3-12(17)10-5-4-6-11(7-10)15-13(18)14-9(2)8-16/h4-7,9,16H,3,8H2,1-2H3,(H2,14,15,18)/t9-/m0/s1. The van der Waals surface area contributed by atoms with Crippen molar-refractivity contribution >= 4 is 17.5 Å². The van der Waals surface area contributed by atoms with Gasteiger partial charge in [-0.05, 0) is 19.1 Å². The van der Waals surface area contributed by atoms with Crippen LogP contribution in [0.2, 0.25) is 0 Å². The van der Waals surface area contributed by atoms with Gasteiger partial charge in [0.1, 0.15) is 0 Å². The number of amides is 2. The molecule has 0 radical (unpaired) electrons. The van der Waals surface area contributed by atoms with E-state index in [1.165, 1.54) is 0 Å². The molecule has 18 heavy (non-hydrogen) atoms. The van der Waals surface area contributed by atoms with Crippen LogP contribution >= 0.6 is 0 Å². The lowest BCUT2D eigenvalue weighted by molar-refractivity contribution is 0.0988. The van der Waals surface area contributed by atoms with E-state index in [1.54, 1.807) is 38.1 Å². The lowest BCUT2D eigenvalue weighted by Crippen LogP contribution is -2.38. The van der Waals surface area contributed by atoms with E-state index in [4.69, 9.17) is 5.11 Å². The predicted molar refractivity (Wildman–Crippen MR) is 69.8 cm³/mol. The lowest BCUT2D eigenvalue weighted by Gasteiger charge is -2.12. The highest BCUT2D eigenvalue weighted by atomic mass is 16.3. The minimum atomic E-state index is -0.405. The number of urea groups is 1. The first kappa shape index (κ1) is 14.2. The minimum absolute atomic E-state index is 0.0304. The second-order valence-corrected chi connectivity index (χ2v) is 4.04. The average molecular weight is 250 g/mol. The summed E-state index contributed by atoms with van der Waals surface area (Å²) < 4.78 is 0. The Morgan fingerprint density at radius 1 is 1.39 bits per heavy atom. The van der Waals surface area contributed by atoms with Gasteiger partial charge in [-0.15, -0.1) is 0 Å². The second kappa shape index (κ2) is 6.76. The zero-order valence-corrected chi connectivity index (χ0v) is 10.6. The van der Waals surface area contributed by atoms with E-state index in [2.05, 4.69) is 10.6 Å². The number of Topliss-reactive ketones (excluding diaryl/α,β-unsaturated/α-hetero) is 1. The molecule has 0 aliphatic carbocycles. The first-order valence-electron chi connectivity index (χ1n) is 5.88. The minimum Gasteiger partial charge on any atom is -0.394 e. The summed E-state index contributed by atoms with van der Waals surface area (Å²) in [4.78, 5) is 23.0. The topological polar surface area (TPSA) is 78.4 Å². The monoisotopic (exact) mass is 250 g/mol. The van der Waals surface area contributed by atoms with Gasteiger partial charge >= 0.3 is 6.03 Å². The molecule has 0 spiro atoms. The first-order chi connectivity index (χ1) is 8.56. The Morgan fingerprint density at radius 2 is 2.11 bits per heavy atom. The number of hydrogen-bond acceptors (Lipinski definition) is 3. The molecular weight excluding hydrogens is 232 g/mol. The molecule has 98 valence electrons. The number of hydrogen-bond donors (Lipinski definition) is 3. The third-order valence-electron chi connectivity index (χ3n) is 2.41. The van der Waals surface area contributed by atoms with Gasteiger partial charge in [-0.1, -0.05) is 19.1 Å². The maximum Gasteiger partial charge on any atom is 0.319 e. The van der Waals surface area contributed by atoms with Crippen LogP contribution in [0.15, 0.2) is 24.3 Å². The number of aliphatic hydroxyl groups is 1. The van der Waals surface area contributed by atoms with Crippen molar-refractivity contribution in [2.24, 2.45) is 0 Å². The maximum absolute atomic E-state index is 11.5. The van der Waals surface area contributed by atoms with Gasteiger partial charge < -0.3 is 15.7 Å². The third-order valence-corrected chi connectivity index (χ3v) is 2.41. The van der Waals surface area contributed by atoms with E-state index in [9.17, 15) is 9.59 Å². The summed E-state index contributed by atoms with van der Waals surface area (Å²) in [6.07, 6.45) is 0.428. The number of nitrogens with one attached hydrogen (secondary N) is 2. The van der Waals surface area contributed by atoms with Crippen molar-refractivity contribution < 1.29 is 14.7 Å². The summed E-state index contributed by atoms with van der Waals surface area (Å²) in [5.41, 5.74) is 1.13. The van der Waals surface area contributed by atoms with E-state index in [1.807, 2.05) is 0 Å². The van der Waals surface area contributed by atoms with E-state index in [0.717, 1.165) is 0 Å². The summed E-state index contributed by atoms with van der Waals surface area (Å²) in [5.74, 6) is 0.0304. The number of rotatable bonds is 5. The van der Waals surface area contributed by atoms with Crippen LogP contribution in [0.3, 0.4) is 0 Å². The van der Waals surface area contributed by atoms with Crippen LogP contribution in [0.5, 0.6) is 0 Å². The number of aliphatic hydroxyl groups excluding tert-OH is 1. The number of carbonyl (C=O) groups is 2. The first-order valence-corrected chi connectivity index (χ1v) is 5.88. The van der Waals surface area contributed by atoms with Crippen molar-refractivity contribution in [1.29, 1.82) is 0 Å². The van der Waals surface area contributed by atoms with Crippen molar-refractivity contribution in [3.05, 3.63) is 29.8 Å². The second-order valence-electron chi connectivity index (χ2n) is 4.04. The van der Waals surface area contributed by atoms with Crippen molar-refractivity contribution in [3.8, 4) is 0 Å². The van der Waals surface area contributed by atoms with E-state index >= 15 is 0 Å². The van der Waals surface area contributed by atoms with Gasteiger partial charge in [0.25, 0.3) is 0 Å². The van der Waals surface area contributed by atoms with Gasteiger partial charge in [-0.2, -0.15) is 0 Å². The summed E-state index contributed by atoms with van der Waals surface area (Å²) >= 11 is 0. The zero-order valence-electron chi connectivity index (χ0n) is 10.6. The van der Waals surface area contributed by atoms with Crippen molar-refractivity contribution in [2.75, 3.05) is 11.9 Å². The van der Waals surface area contributed by atoms with Gasteiger partial charge in [0, 0.05) is 17.7 Å². The average Bonchev–Trinajstić information content (AvgIpc) is 2.37. The van der Waals surface area contributed by atoms with Gasteiger partial charge in [0.2, 0.25) is 0 Å². The van der Waals surface area contributed by atoms with E-state index < -0.39 is 6.03 Å². The molecule has 1 atom stereocenters. The van der Waals surface area contributed by atoms with Crippen LogP contribution in [-0.2, 0) is 0 Å². The predicted octanol–water partition coefficient (Wildman–Crippen LogP) is 1.78. The number of benzene rings is 1. The van der Waals surface area contributed by atoms with Crippen LogP contribution < -0.4 is 10.6 Å². The van der Waals surface area contributed by atoms with Crippen molar-refractivity contribution in [3.63, 3.8) is 0 Å². The molecule has 2 amide bonds. The van der Waals surface area contributed by atoms with Crippen molar-refractivity contribution in [2.45, 2.75) is 26.3 Å². The largest absolute Gasteiger partial charge is 0.394 e. The SMILES string of the molecule is CCC(=O)c1cccc(NC(=O)N[C@@H](C)CO)c1. The zero-order chi connectivity index (χ0) is 13.5. The Hall–Kier alpha value is -1.88. The highest BCUT2D eigenvalue weighted by molar-refractivity contribution is 5.98. The molecule has 0 heterocycles. The van der Waals surface area contributed by atoms with Gasteiger partial charge in [-0.25, -0.2) is 4.79 Å². The van der Waals surface area contributed by atoms with Gasteiger partial charge in [-0.3, -0.25) is 4.79 Å². The molecule has 0 aliphatic heterocycles. The Balaban J connectivity index is 2.67. The molecule has 1 aromatic carbocycles. The number of ketones is 1. The molecule has 0 fully saturated rings. The molecule has 0 aromatic heterocycles. The number of carbonyl (C=O) groups excluding carboxylic acids is 2. The fourth-order valence-corrected chi connectivity index (χ4v) is 1.41. The van der Waals surface area contributed by atoms with Crippen LogP contribution in [0.1, 0.15) is 30.6 Å². The lowest BCUT2D eigenvalue weighted by atomic mass is 10.1. The summed E-state index contributed by atoms with van der Waals surface area (Å²) in [6, 6.07) is 6.05. The summed E-state index contributed by atoms with van der Waals surface area (Å²) in [6.45, 7) is 3.36. The summed E-state index contributed by atoms with van der Waals surface area (Å²) in [7, 11) is 0. The molecule has 0 unspecified atom stereocenters. The van der Waals surface area contributed by atoms with Crippen LogP contribution in [0.4, 0.5) is 10.5 Å². The molecule has 0 aliphatic rings. The Labute approximate surface area is 106 Å². The van der Waals surface area contributed by atoms with Gasteiger partial charge in [0.05, 0.1) is 12.6 Å². The highest BCUT2D eigenvalue weighted by Crippen LogP contribution is 2.12. The highest BCUT2D eigenvalue weighted by Gasteiger charge is 2.08. The Bertz CT molecular complexity index is 432. The molecule has 0 bridgehead atoms. The van der Waals surface area contributed by atoms with Crippen molar-refractivity contribution in [1.82, 2.24) is 5.32 Å². The maximum atomic E-state index is 11.5. The smallest absolute Gasteiger partial charge is 0.319 e. The molecule has 5 heteroatoms. The molecule has 5 nitrogen and oxygen atoms in total. The third kappa shape index (κ3) is 4.18. The molecule has 1 aromatic rings.